The highest BCUT2D eigenvalue weighted by atomic mass is 19.1. The maximum absolute atomic E-state index is 14.5. The lowest BCUT2D eigenvalue weighted by atomic mass is 10.1. The standard InChI is InChI=1S/C20H23FN4O4/c1-4-12-5-6-15(14(21)7-12)23-17-11(2)19(28)24(3)18-16(17)20(29)25(10-22-18)8-13(27)9-26/h5-7,10,13,23,26-27H,4,8-9H2,1-3H3/t13-/m1/s1. The number of aryl methyl sites for hydroxylation is 2. The van der Waals surface area contributed by atoms with Gasteiger partial charge in [-0.3, -0.25) is 18.7 Å². The van der Waals surface area contributed by atoms with Gasteiger partial charge in [-0.2, -0.15) is 0 Å². The summed E-state index contributed by atoms with van der Waals surface area (Å²) in [4.78, 5) is 29.9. The summed E-state index contributed by atoms with van der Waals surface area (Å²) in [5.41, 5.74) is 0.592. The van der Waals surface area contributed by atoms with Gasteiger partial charge in [0.15, 0.2) is 5.65 Å². The maximum atomic E-state index is 14.5. The average molecular weight is 402 g/mol. The van der Waals surface area contributed by atoms with E-state index in [1.165, 1.54) is 24.0 Å². The van der Waals surface area contributed by atoms with E-state index < -0.39 is 24.1 Å². The van der Waals surface area contributed by atoms with E-state index in [4.69, 9.17) is 5.11 Å². The van der Waals surface area contributed by atoms with Crippen LogP contribution in [0.3, 0.4) is 0 Å². The van der Waals surface area contributed by atoms with Gasteiger partial charge in [-0.15, -0.1) is 0 Å². The fourth-order valence-corrected chi connectivity index (χ4v) is 3.18. The summed E-state index contributed by atoms with van der Waals surface area (Å²) in [6, 6.07) is 4.72. The lowest BCUT2D eigenvalue weighted by Gasteiger charge is -2.17. The Hall–Kier alpha value is -3.04. The average Bonchev–Trinajstić information content (AvgIpc) is 2.72. The fourth-order valence-electron chi connectivity index (χ4n) is 3.18. The molecule has 0 saturated heterocycles. The number of aliphatic hydroxyl groups is 2. The molecule has 3 aromatic rings. The lowest BCUT2D eigenvalue weighted by Crippen LogP contribution is -2.32. The van der Waals surface area contributed by atoms with Crippen LogP contribution in [0.15, 0.2) is 34.1 Å². The summed E-state index contributed by atoms with van der Waals surface area (Å²) >= 11 is 0. The number of nitrogens with one attached hydrogen (secondary N) is 1. The predicted molar refractivity (Wildman–Crippen MR) is 108 cm³/mol. The van der Waals surface area contributed by atoms with E-state index >= 15 is 0 Å². The largest absolute Gasteiger partial charge is 0.394 e. The van der Waals surface area contributed by atoms with Gasteiger partial charge >= 0.3 is 0 Å². The number of hydrogen-bond donors (Lipinski definition) is 3. The molecule has 2 heterocycles. The zero-order valence-corrected chi connectivity index (χ0v) is 16.4. The third kappa shape index (κ3) is 3.79. The SMILES string of the molecule is CCc1ccc(Nc2c(C)c(=O)n(C)c3ncn(C[C@@H](O)CO)c(=O)c23)c(F)c1. The molecule has 8 nitrogen and oxygen atoms in total. The first-order valence-electron chi connectivity index (χ1n) is 9.21. The molecule has 154 valence electrons. The van der Waals surface area contributed by atoms with Gasteiger partial charge in [0.2, 0.25) is 0 Å². The smallest absolute Gasteiger partial charge is 0.264 e. The minimum atomic E-state index is -1.14. The van der Waals surface area contributed by atoms with E-state index in [0.717, 1.165) is 10.1 Å². The first-order chi connectivity index (χ1) is 13.8. The summed E-state index contributed by atoms with van der Waals surface area (Å²) in [5, 5.41) is 21.7. The van der Waals surface area contributed by atoms with Crippen LogP contribution < -0.4 is 16.4 Å². The molecule has 0 radical (unpaired) electrons. The molecule has 0 unspecified atom stereocenters. The third-order valence-corrected chi connectivity index (χ3v) is 4.91. The number of aromatic nitrogens is 3. The van der Waals surface area contributed by atoms with E-state index in [-0.39, 0.29) is 40.1 Å². The molecular formula is C20H23FN4O4. The van der Waals surface area contributed by atoms with Crippen LogP contribution in [0.5, 0.6) is 0 Å². The van der Waals surface area contributed by atoms with Crippen LogP contribution >= 0.6 is 0 Å². The van der Waals surface area contributed by atoms with Crippen molar-refractivity contribution >= 4 is 22.4 Å². The van der Waals surface area contributed by atoms with Crippen LogP contribution in [-0.4, -0.2) is 37.0 Å². The Morgan fingerprint density at radius 1 is 1.28 bits per heavy atom. The molecule has 0 spiro atoms. The summed E-state index contributed by atoms with van der Waals surface area (Å²) in [7, 11) is 1.50. The van der Waals surface area contributed by atoms with Gasteiger partial charge in [0.1, 0.15) is 11.2 Å². The van der Waals surface area contributed by atoms with Gasteiger partial charge in [-0.05, 0) is 31.0 Å². The van der Waals surface area contributed by atoms with Crippen molar-refractivity contribution in [1.29, 1.82) is 0 Å². The minimum Gasteiger partial charge on any atom is -0.394 e. The monoisotopic (exact) mass is 402 g/mol. The van der Waals surface area contributed by atoms with E-state index in [2.05, 4.69) is 10.3 Å². The summed E-state index contributed by atoms with van der Waals surface area (Å²) in [6.07, 6.45) is 0.738. The first kappa shape index (κ1) is 20.7. The summed E-state index contributed by atoms with van der Waals surface area (Å²) in [5.74, 6) is -0.502. The number of fused-ring (bicyclic) bond motifs is 1. The maximum Gasteiger partial charge on any atom is 0.264 e. The van der Waals surface area contributed by atoms with Crippen molar-refractivity contribution in [1.82, 2.24) is 14.1 Å². The molecule has 29 heavy (non-hydrogen) atoms. The van der Waals surface area contributed by atoms with Crippen molar-refractivity contribution in [2.24, 2.45) is 7.05 Å². The van der Waals surface area contributed by atoms with E-state index in [1.54, 1.807) is 19.1 Å². The van der Waals surface area contributed by atoms with Crippen LogP contribution in [0.1, 0.15) is 18.1 Å². The molecule has 9 heteroatoms. The second kappa shape index (κ2) is 8.14. The van der Waals surface area contributed by atoms with Crippen LogP contribution in [0.2, 0.25) is 0 Å². The second-order valence-electron chi connectivity index (χ2n) is 6.89. The molecule has 0 aliphatic heterocycles. The van der Waals surface area contributed by atoms with Gasteiger partial charge in [0.05, 0.1) is 37.0 Å². The molecule has 0 saturated carbocycles. The van der Waals surface area contributed by atoms with Crippen LogP contribution in [0, 0.1) is 12.7 Å². The molecule has 0 fully saturated rings. The quantitative estimate of drug-likeness (QED) is 0.572. The summed E-state index contributed by atoms with van der Waals surface area (Å²) in [6.45, 7) is 2.77. The van der Waals surface area contributed by atoms with Crippen LogP contribution in [0.25, 0.3) is 11.0 Å². The number of hydrogen-bond acceptors (Lipinski definition) is 6. The van der Waals surface area contributed by atoms with Crippen LogP contribution in [0.4, 0.5) is 15.8 Å². The Bertz CT molecular complexity index is 1190. The normalized spacial score (nSPS) is 12.3. The molecular weight excluding hydrogens is 379 g/mol. The molecule has 2 aromatic heterocycles. The van der Waals surface area contributed by atoms with Crippen molar-refractivity contribution in [3.63, 3.8) is 0 Å². The van der Waals surface area contributed by atoms with Gasteiger partial charge in [-0.1, -0.05) is 13.0 Å². The molecule has 3 N–H and O–H groups in total. The lowest BCUT2D eigenvalue weighted by molar-refractivity contribution is 0.0802. The number of aliphatic hydroxyl groups excluding tert-OH is 2. The third-order valence-electron chi connectivity index (χ3n) is 4.91. The fraction of sp³-hybridized carbons (Fsp3) is 0.350. The van der Waals surface area contributed by atoms with E-state index in [0.29, 0.717) is 6.42 Å². The number of nitrogens with zero attached hydrogens (tertiary/aromatic N) is 3. The van der Waals surface area contributed by atoms with Crippen molar-refractivity contribution in [3.05, 3.63) is 62.2 Å². The molecule has 0 aliphatic carbocycles. The Balaban J connectivity index is 2.25. The van der Waals surface area contributed by atoms with Crippen molar-refractivity contribution < 1.29 is 14.6 Å². The zero-order chi connectivity index (χ0) is 21.3. The number of rotatable bonds is 6. The highest BCUT2D eigenvalue weighted by Gasteiger charge is 2.19. The highest BCUT2D eigenvalue weighted by molar-refractivity contribution is 5.92. The molecule has 0 amide bonds. The Kier molecular flexibility index (Phi) is 5.81. The van der Waals surface area contributed by atoms with Crippen molar-refractivity contribution in [2.45, 2.75) is 32.9 Å². The highest BCUT2D eigenvalue weighted by Crippen LogP contribution is 2.26. The second-order valence-corrected chi connectivity index (χ2v) is 6.89. The van der Waals surface area contributed by atoms with Crippen molar-refractivity contribution in [3.8, 4) is 0 Å². The van der Waals surface area contributed by atoms with Gasteiger partial charge < -0.3 is 15.5 Å². The first-order valence-corrected chi connectivity index (χ1v) is 9.21. The molecule has 1 atom stereocenters. The van der Waals surface area contributed by atoms with Gasteiger partial charge in [0, 0.05) is 12.6 Å². The van der Waals surface area contributed by atoms with Crippen LogP contribution in [-0.2, 0) is 20.0 Å². The molecule has 1 aromatic carbocycles. The number of halogens is 1. The van der Waals surface area contributed by atoms with Gasteiger partial charge in [0.25, 0.3) is 11.1 Å². The molecule has 0 aliphatic rings. The number of anilines is 2. The predicted octanol–water partition coefficient (Wildman–Crippen LogP) is 1.20. The summed E-state index contributed by atoms with van der Waals surface area (Å²) < 4.78 is 16.9. The molecule has 3 rings (SSSR count). The number of pyridine rings is 1. The number of benzene rings is 1. The van der Waals surface area contributed by atoms with Gasteiger partial charge in [-0.25, -0.2) is 9.37 Å². The van der Waals surface area contributed by atoms with E-state index in [1.807, 2.05) is 6.92 Å². The van der Waals surface area contributed by atoms with Crippen molar-refractivity contribution in [2.75, 3.05) is 11.9 Å². The topological polar surface area (TPSA) is 109 Å². The Labute approximate surface area is 165 Å². The molecule has 0 bridgehead atoms. The Morgan fingerprint density at radius 3 is 2.62 bits per heavy atom. The zero-order valence-electron chi connectivity index (χ0n) is 16.4. The minimum absolute atomic E-state index is 0.0937. The van der Waals surface area contributed by atoms with E-state index in [9.17, 15) is 19.1 Å². The Morgan fingerprint density at radius 2 is 2.00 bits per heavy atom.